The molecule has 1 heteroatoms. The van der Waals surface area contributed by atoms with Crippen LogP contribution in [0.3, 0.4) is 0 Å². The molecule has 0 aromatic rings. The van der Waals surface area contributed by atoms with Crippen LogP contribution in [-0.4, -0.2) is 6.54 Å². The number of hydrogen-bond donors (Lipinski definition) is 1. The topological polar surface area (TPSA) is 26.0 Å². The minimum Gasteiger partial charge on any atom is -0.330 e. The summed E-state index contributed by atoms with van der Waals surface area (Å²) in [5.74, 6) is 5.90. The van der Waals surface area contributed by atoms with E-state index in [0.29, 0.717) is 10.8 Å². The van der Waals surface area contributed by atoms with Gasteiger partial charge in [-0.15, -0.1) is 0 Å². The monoisotopic (exact) mass is 331 g/mol. The lowest BCUT2D eigenvalue weighted by atomic mass is 9.40. The zero-order valence-electron chi connectivity index (χ0n) is 16.5. The summed E-state index contributed by atoms with van der Waals surface area (Å²) >= 11 is 0. The molecule has 4 aliphatic carbocycles. The minimum atomic E-state index is 0.567. The van der Waals surface area contributed by atoms with Crippen molar-refractivity contribution in [2.24, 2.45) is 52.1 Å². The molecule has 8 atom stereocenters. The Kier molecular flexibility index (Phi) is 4.55. The van der Waals surface area contributed by atoms with Gasteiger partial charge in [-0.25, -0.2) is 0 Å². The molecule has 0 amide bonds. The van der Waals surface area contributed by atoms with E-state index in [9.17, 15) is 0 Å². The molecule has 4 saturated carbocycles. The maximum atomic E-state index is 6.24. The molecule has 0 aliphatic heterocycles. The first-order valence-electron chi connectivity index (χ1n) is 11.2. The van der Waals surface area contributed by atoms with E-state index in [1.54, 1.807) is 19.3 Å². The van der Waals surface area contributed by atoms with Crippen LogP contribution in [0.25, 0.3) is 0 Å². The molecule has 0 radical (unpaired) electrons. The van der Waals surface area contributed by atoms with Gasteiger partial charge in [-0.1, -0.05) is 33.6 Å². The van der Waals surface area contributed by atoms with Crippen LogP contribution in [0.1, 0.15) is 91.4 Å². The van der Waals surface area contributed by atoms with Gasteiger partial charge in [-0.05, 0) is 111 Å². The molecule has 0 saturated heterocycles. The molecule has 0 aromatic carbocycles. The van der Waals surface area contributed by atoms with Crippen LogP contribution in [0.15, 0.2) is 0 Å². The molecule has 2 N–H and O–H groups in total. The van der Waals surface area contributed by atoms with Crippen LogP contribution in [0, 0.1) is 46.3 Å². The van der Waals surface area contributed by atoms with Crippen LogP contribution in [0.5, 0.6) is 0 Å². The van der Waals surface area contributed by atoms with Crippen LogP contribution >= 0.6 is 0 Å². The average molecular weight is 332 g/mol. The van der Waals surface area contributed by atoms with E-state index in [1.807, 2.05) is 0 Å². The van der Waals surface area contributed by atoms with E-state index in [2.05, 4.69) is 20.8 Å². The second-order valence-corrected chi connectivity index (χ2v) is 10.5. The molecule has 24 heavy (non-hydrogen) atoms. The summed E-state index contributed by atoms with van der Waals surface area (Å²) < 4.78 is 0. The van der Waals surface area contributed by atoms with Gasteiger partial charge in [0.25, 0.3) is 0 Å². The Morgan fingerprint density at radius 1 is 0.958 bits per heavy atom. The first-order valence-corrected chi connectivity index (χ1v) is 11.2. The van der Waals surface area contributed by atoms with E-state index in [4.69, 9.17) is 5.73 Å². The Balaban J connectivity index is 1.64. The van der Waals surface area contributed by atoms with Crippen molar-refractivity contribution in [1.29, 1.82) is 0 Å². The second kappa shape index (κ2) is 6.29. The van der Waals surface area contributed by atoms with E-state index < -0.39 is 0 Å². The van der Waals surface area contributed by atoms with Gasteiger partial charge in [0, 0.05) is 0 Å². The van der Waals surface area contributed by atoms with Gasteiger partial charge < -0.3 is 5.73 Å². The summed E-state index contributed by atoms with van der Waals surface area (Å²) in [6.45, 7) is 8.61. The normalized spacial score (nSPS) is 54.5. The quantitative estimate of drug-likeness (QED) is 0.658. The summed E-state index contributed by atoms with van der Waals surface area (Å²) in [5, 5.41) is 0. The van der Waals surface area contributed by atoms with Crippen molar-refractivity contribution in [2.75, 3.05) is 6.54 Å². The minimum absolute atomic E-state index is 0.567. The van der Waals surface area contributed by atoms with Crippen molar-refractivity contribution in [2.45, 2.75) is 91.4 Å². The van der Waals surface area contributed by atoms with Crippen LogP contribution in [0.2, 0.25) is 0 Å². The van der Waals surface area contributed by atoms with Gasteiger partial charge in [0.2, 0.25) is 0 Å². The van der Waals surface area contributed by atoms with E-state index in [1.165, 1.54) is 51.4 Å². The van der Waals surface area contributed by atoms with Crippen molar-refractivity contribution in [3.05, 3.63) is 0 Å². The summed E-state index contributed by atoms with van der Waals surface area (Å²) in [4.78, 5) is 0. The first-order chi connectivity index (χ1) is 11.5. The van der Waals surface area contributed by atoms with Crippen LogP contribution in [-0.2, 0) is 0 Å². The molecule has 0 spiro atoms. The number of rotatable bonds is 2. The van der Waals surface area contributed by atoms with Gasteiger partial charge in [0.1, 0.15) is 0 Å². The highest BCUT2D eigenvalue weighted by molar-refractivity contribution is 5.08. The maximum Gasteiger partial charge on any atom is -0.00436 e. The molecule has 0 bridgehead atoms. The Bertz CT molecular complexity index is 459. The van der Waals surface area contributed by atoms with Crippen molar-refractivity contribution in [1.82, 2.24) is 0 Å². The van der Waals surface area contributed by atoms with Gasteiger partial charge >= 0.3 is 0 Å². The second-order valence-electron chi connectivity index (χ2n) is 10.5. The fourth-order valence-corrected chi connectivity index (χ4v) is 8.68. The molecule has 0 aromatic heterocycles. The van der Waals surface area contributed by atoms with Crippen molar-refractivity contribution in [3.8, 4) is 0 Å². The molecule has 4 aliphatic rings. The third-order valence-electron chi connectivity index (χ3n) is 10.0. The molecular formula is C23H41N. The Hall–Kier alpha value is -0.0400. The fraction of sp³-hybridized carbons (Fsp3) is 1.00. The maximum absolute atomic E-state index is 6.24. The lowest BCUT2D eigenvalue weighted by Gasteiger charge is -2.64. The predicted octanol–water partition coefficient (Wildman–Crippen LogP) is 6.02. The third kappa shape index (κ3) is 2.36. The molecule has 4 fully saturated rings. The zero-order chi connectivity index (χ0) is 16.9. The molecule has 1 nitrogen and oxygen atoms in total. The van der Waals surface area contributed by atoms with E-state index in [-0.39, 0.29) is 0 Å². The van der Waals surface area contributed by atoms with Gasteiger partial charge in [0.15, 0.2) is 0 Å². The predicted molar refractivity (Wildman–Crippen MR) is 103 cm³/mol. The Labute approximate surface area is 150 Å². The van der Waals surface area contributed by atoms with Crippen LogP contribution in [0.4, 0.5) is 0 Å². The zero-order valence-corrected chi connectivity index (χ0v) is 16.5. The summed E-state index contributed by atoms with van der Waals surface area (Å²) in [7, 11) is 0. The number of hydrogen-bond acceptors (Lipinski definition) is 1. The average Bonchev–Trinajstić information content (AvgIpc) is 2.60. The van der Waals surface area contributed by atoms with Gasteiger partial charge in [-0.2, -0.15) is 0 Å². The Morgan fingerprint density at radius 2 is 1.79 bits per heavy atom. The largest absolute Gasteiger partial charge is 0.330 e. The first kappa shape index (κ1) is 17.4. The van der Waals surface area contributed by atoms with Crippen molar-refractivity contribution in [3.63, 3.8) is 0 Å². The van der Waals surface area contributed by atoms with Crippen molar-refractivity contribution < 1.29 is 0 Å². The fourth-order valence-electron chi connectivity index (χ4n) is 8.68. The van der Waals surface area contributed by atoms with E-state index >= 15 is 0 Å². The van der Waals surface area contributed by atoms with Gasteiger partial charge in [-0.3, -0.25) is 0 Å². The number of fused-ring (bicyclic) bond motifs is 5. The highest BCUT2D eigenvalue weighted by Gasteiger charge is 2.59. The molecule has 4 rings (SSSR count). The molecule has 0 heterocycles. The van der Waals surface area contributed by atoms with Gasteiger partial charge in [0.05, 0.1) is 0 Å². The molecular weight excluding hydrogens is 290 g/mol. The number of nitrogens with two attached hydrogens (primary N) is 1. The highest BCUT2D eigenvalue weighted by Crippen LogP contribution is 2.67. The standard InChI is InChI=1S/C23H41N/c1-4-23-13-10-16(2)14-17(23)8-9-19-20-7-5-6-18(15-24)22(20,3)12-11-21(19)23/h16-21H,4-15,24H2,1-3H3. The van der Waals surface area contributed by atoms with Crippen LogP contribution < -0.4 is 5.73 Å². The summed E-state index contributed by atoms with van der Waals surface area (Å²) in [5.41, 5.74) is 7.52. The molecule has 138 valence electrons. The third-order valence-corrected chi connectivity index (χ3v) is 10.0. The SMILES string of the molecule is CCC12CCC(C)CC1CCC1C3CCCC(CN)C3(C)CCC12. The van der Waals surface area contributed by atoms with E-state index in [0.717, 1.165) is 42.1 Å². The lowest BCUT2D eigenvalue weighted by Crippen LogP contribution is -2.57. The van der Waals surface area contributed by atoms with Crippen molar-refractivity contribution >= 4 is 0 Å². The molecule has 8 unspecified atom stereocenters. The lowest BCUT2D eigenvalue weighted by molar-refractivity contribution is -0.151. The smallest absolute Gasteiger partial charge is 0.00436 e. The highest BCUT2D eigenvalue weighted by atomic mass is 14.7. The Morgan fingerprint density at radius 3 is 2.54 bits per heavy atom. The summed E-state index contributed by atoms with van der Waals surface area (Å²) in [6.07, 6.45) is 16.5. The summed E-state index contributed by atoms with van der Waals surface area (Å²) in [6, 6.07) is 0.